The van der Waals surface area contributed by atoms with E-state index in [0.29, 0.717) is 50.7 Å². The van der Waals surface area contributed by atoms with Crippen molar-refractivity contribution in [3.8, 4) is 11.7 Å². The van der Waals surface area contributed by atoms with E-state index in [1.54, 1.807) is 39.0 Å². The second-order valence-electron chi connectivity index (χ2n) is 8.07. The number of hydrogen-bond donors (Lipinski definition) is 0. The zero-order valence-corrected chi connectivity index (χ0v) is 18.2. The van der Waals surface area contributed by atoms with Crippen LogP contribution in [0.4, 0.5) is 10.5 Å². The second kappa shape index (κ2) is 9.27. The zero-order valence-electron chi connectivity index (χ0n) is 18.2. The number of hydrogen-bond acceptors (Lipinski definition) is 6. The Hall–Kier alpha value is -3.95. The summed E-state index contributed by atoms with van der Waals surface area (Å²) in [4.78, 5) is 30.7. The minimum Gasteiger partial charge on any atom is -0.473 e. The Bertz CT molecular complexity index is 1080. The van der Waals surface area contributed by atoms with Gasteiger partial charge in [0.1, 0.15) is 12.6 Å². The quantitative estimate of drug-likeness (QED) is 0.573. The molecular formula is C23H25N7O3. The van der Waals surface area contributed by atoms with E-state index in [1.165, 1.54) is 0 Å². The number of anilines is 1. The number of piperidine rings is 1. The van der Waals surface area contributed by atoms with Crippen molar-refractivity contribution in [2.75, 3.05) is 37.6 Å². The van der Waals surface area contributed by atoms with Crippen molar-refractivity contribution in [1.82, 2.24) is 29.8 Å². The fraction of sp³-hybridized carbons (Fsp3) is 0.348. The Morgan fingerprint density at radius 1 is 0.970 bits per heavy atom. The summed E-state index contributed by atoms with van der Waals surface area (Å²) in [5.41, 5.74) is 0.858. The number of carbonyl (C=O) groups is 2. The average molecular weight is 447 g/mol. The lowest BCUT2D eigenvalue weighted by Crippen LogP contribution is -2.47. The summed E-state index contributed by atoms with van der Waals surface area (Å²) in [6.07, 6.45) is 4.87. The average Bonchev–Trinajstić information content (AvgIpc) is 3.51. The van der Waals surface area contributed by atoms with Crippen LogP contribution in [0.15, 0.2) is 60.9 Å². The van der Waals surface area contributed by atoms with Crippen LogP contribution in [0.1, 0.15) is 12.8 Å². The highest BCUT2D eigenvalue weighted by atomic mass is 16.5. The topological polar surface area (TPSA) is 96.7 Å². The van der Waals surface area contributed by atoms with Crippen LogP contribution in [0.5, 0.6) is 5.88 Å². The van der Waals surface area contributed by atoms with Gasteiger partial charge in [-0.3, -0.25) is 9.69 Å². The summed E-state index contributed by atoms with van der Waals surface area (Å²) < 4.78 is 7.59. The standard InChI is InChI=1S/C23H25N7O3/c31-22(17-28-15-16-29(23(28)32)18-5-2-1-3-6-18)27-13-9-19(10-14-27)33-21-8-7-20(25-26-21)30-12-4-11-24-30/h1-8,11-12,19H,9-10,13-17H2. The Balaban J connectivity index is 1.09. The molecule has 1 aromatic carbocycles. The van der Waals surface area contributed by atoms with Crippen molar-refractivity contribution >= 4 is 17.6 Å². The molecule has 2 aliphatic rings. The van der Waals surface area contributed by atoms with Gasteiger partial charge in [0, 0.05) is 63.2 Å². The molecule has 3 amide bonds. The maximum atomic E-state index is 12.8. The highest BCUT2D eigenvalue weighted by molar-refractivity contribution is 5.96. The predicted octanol–water partition coefficient (Wildman–Crippen LogP) is 1.97. The van der Waals surface area contributed by atoms with Crippen molar-refractivity contribution in [1.29, 1.82) is 0 Å². The molecule has 5 rings (SSSR count). The molecule has 0 atom stereocenters. The van der Waals surface area contributed by atoms with Gasteiger partial charge in [-0.2, -0.15) is 5.10 Å². The third kappa shape index (κ3) is 4.64. The maximum absolute atomic E-state index is 12.8. The highest BCUT2D eigenvalue weighted by Crippen LogP contribution is 2.21. The van der Waals surface area contributed by atoms with Crippen molar-refractivity contribution < 1.29 is 14.3 Å². The normalized spacial score (nSPS) is 17.0. The molecule has 2 saturated heterocycles. The van der Waals surface area contributed by atoms with E-state index in [2.05, 4.69) is 15.3 Å². The Morgan fingerprint density at radius 2 is 1.79 bits per heavy atom. The van der Waals surface area contributed by atoms with Gasteiger partial charge >= 0.3 is 6.03 Å². The molecule has 0 N–H and O–H groups in total. The van der Waals surface area contributed by atoms with E-state index < -0.39 is 0 Å². The first-order valence-corrected chi connectivity index (χ1v) is 11.1. The summed E-state index contributed by atoms with van der Waals surface area (Å²) in [5.74, 6) is 1.05. The number of likely N-dealkylation sites (tertiary alicyclic amines) is 1. The van der Waals surface area contributed by atoms with E-state index in [4.69, 9.17) is 4.74 Å². The third-order valence-corrected chi connectivity index (χ3v) is 5.94. The molecular weight excluding hydrogens is 422 g/mol. The summed E-state index contributed by atoms with van der Waals surface area (Å²) in [6.45, 7) is 2.42. The fourth-order valence-electron chi connectivity index (χ4n) is 4.14. The molecule has 0 radical (unpaired) electrons. The number of urea groups is 1. The molecule has 10 nitrogen and oxygen atoms in total. The van der Waals surface area contributed by atoms with Gasteiger partial charge in [-0.1, -0.05) is 18.2 Å². The van der Waals surface area contributed by atoms with E-state index in [-0.39, 0.29) is 24.6 Å². The van der Waals surface area contributed by atoms with Crippen LogP contribution in [-0.2, 0) is 4.79 Å². The van der Waals surface area contributed by atoms with Gasteiger partial charge in [-0.15, -0.1) is 10.2 Å². The largest absolute Gasteiger partial charge is 0.473 e. The van der Waals surface area contributed by atoms with Gasteiger partial charge in [-0.25, -0.2) is 9.48 Å². The van der Waals surface area contributed by atoms with Gasteiger partial charge in [0.15, 0.2) is 5.82 Å². The van der Waals surface area contributed by atoms with E-state index in [1.807, 2.05) is 41.3 Å². The number of nitrogens with zero attached hydrogens (tertiary/aromatic N) is 7. The minimum absolute atomic E-state index is 0.0269. The van der Waals surface area contributed by atoms with Crippen LogP contribution in [0.25, 0.3) is 5.82 Å². The van der Waals surface area contributed by atoms with Crippen molar-refractivity contribution in [2.45, 2.75) is 18.9 Å². The fourth-order valence-corrected chi connectivity index (χ4v) is 4.14. The summed E-state index contributed by atoms with van der Waals surface area (Å²) in [5, 5.41) is 12.4. The summed E-state index contributed by atoms with van der Waals surface area (Å²) in [7, 11) is 0. The number of para-hydroxylation sites is 1. The molecule has 0 spiro atoms. The monoisotopic (exact) mass is 447 g/mol. The van der Waals surface area contributed by atoms with Crippen molar-refractivity contribution in [3.63, 3.8) is 0 Å². The molecule has 0 bridgehead atoms. The molecule has 2 fully saturated rings. The number of benzene rings is 1. The van der Waals surface area contributed by atoms with E-state index >= 15 is 0 Å². The van der Waals surface area contributed by atoms with Crippen LogP contribution in [0.3, 0.4) is 0 Å². The van der Waals surface area contributed by atoms with Crippen LogP contribution >= 0.6 is 0 Å². The smallest absolute Gasteiger partial charge is 0.325 e. The second-order valence-corrected chi connectivity index (χ2v) is 8.07. The molecule has 0 saturated carbocycles. The maximum Gasteiger partial charge on any atom is 0.325 e. The summed E-state index contributed by atoms with van der Waals surface area (Å²) >= 11 is 0. The summed E-state index contributed by atoms with van der Waals surface area (Å²) in [6, 6.07) is 14.8. The highest BCUT2D eigenvalue weighted by Gasteiger charge is 2.33. The Kier molecular flexibility index (Phi) is 5.88. The number of rotatable bonds is 6. The van der Waals surface area contributed by atoms with E-state index in [9.17, 15) is 9.59 Å². The number of aromatic nitrogens is 4. The molecule has 10 heteroatoms. The van der Waals surface area contributed by atoms with Gasteiger partial charge in [0.05, 0.1) is 0 Å². The first-order chi connectivity index (χ1) is 16.2. The molecule has 170 valence electrons. The first-order valence-electron chi connectivity index (χ1n) is 11.1. The molecule has 4 heterocycles. The van der Waals surface area contributed by atoms with Gasteiger partial charge in [0.2, 0.25) is 11.8 Å². The lowest BCUT2D eigenvalue weighted by atomic mass is 10.1. The van der Waals surface area contributed by atoms with Crippen LogP contribution in [-0.4, -0.2) is 80.5 Å². The molecule has 3 aromatic rings. The lowest BCUT2D eigenvalue weighted by molar-refractivity contribution is -0.133. The van der Waals surface area contributed by atoms with Crippen molar-refractivity contribution in [3.05, 3.63) is 60.9 Å². The Labute approximate surface area is 191 Å². The molecule has 2 aromatic heterocycles. The van der Waals surface area contributed by atoms with Gasteiger partial charge in [-0.05, 0) is 24.3 Å². The SMILES string of the molecule is O=C(CN1CCN(c2ccccc2)C1=O)N1CCC(Oc2ccc(-n3cccn3)nn2)CC1. The number of ether oxygens (including phenoxy) is 1. The van der Waals surface area contributed by atoms with Crippen LogP contribution < -0.4 is 9.64 Å². The van der Waals surface area contributed by atoms with Crippen molar-refractivity contribution in [2.24, 2.45) is 0 Å². The Morgan fingerprint density at radius 3 is 2.48 bits per heavy atom. The molecule has 0 unspecified atom stereocenters. The third-order valence-electron chi connectivity index (χ3n) is 5.94. The zero-order chi connectivity index (χ0) is 22.6. The lowest BCUT2D eigenvalue weighted by Gasteiger charge is -2.32. The molecule has 2 aliphatic heterocycles. The minimum atomic E-state index is -0.120. The van der Waals surface area contributed by atoms with Crippen LogP contribution in [0.2, 0.25) is 0 Å². The van der Waals surface area contributed by atoms with Gasteiger partial charge in [0.25, 0.3) is 0 Å². The predicted molar refractivity (Wildman–Crippen MR) is 120 cm³/mol. The first kappa shape index (κ1) is 20.9. The van der Waals surface area contributed by atoms with E-state index in [0.717, 1.165) is 5.69 Å². The molecule has 0 aliphatic carbocycles. The number of carbonyl (C=O) groups excluding carboxylic acids is 2. The number of amides is 3. The molecule has 33 heavy (non-hydrogen) atoms. The van der Waals surface area contributed by atoms with Gasteiger partial charge < -0.3 is 14.5 Å². The van der Waals surface area contributed by atoms with Crippen LogP contribution in [0, 0.1) is 0 Å².